The minimum absolute atomic E-state index is 0.171. The van der Waals surface area contributed by atoms with E-state index in [-0.39, 0.29) is 11.9 Å². The molecule has 1 unspecified atom stereocenters. The van der Waals surface area contributed by atoms with Gasteiger partial charge in [0, 0.05) is 18.6 Å². The largest absolute Gasteiger partial charge is 0.282 e. The highest BCUT2D eigenvalue weighted by atomic mass is 35.5. The number of anilines is 1. The van der Waals surface area contributed by atoms with Crippen LogP contribution in [-0.4, -0.2) is 20.9 Å². The normalized spacial score (nSPS) is 18.0. The zero-order valence-electron chi connectivity index (χ0n) is 9.54. The predicted octanol–water partition coefficient (Wildman–Crippen LogP) is 2.25. The van der Waals surface area contributed by atoms with E-state index in [2.05, 4.69) is 15.0 Å². The number of pyridine rings is 1. The fourth-order valence-electron chi connectivity index (χ4n) is 2.04. The quantitative estimate of drug-likeness (QED) is 0.789. The van der Waals surface area contributed by atoms with Crippen molar-refractivity contribution in [1.29, 1.82) is 0 Å². The van der Waals surface area contributed by atoms with Gasteiger partial charge in [0.05, 0.1) is 16.8 Å². The van der Waals surface area contributed by atoms with E-state index < -0.39 is 0 Å². The average Bonchev–Trinajstić information content (AvgIpc) is 2.64. The van der Waals surface area contributed by atoms with E-state index in [4.69, 9.17) is 11.6 Å². The van der Waals surface area contributed by atoms with Crippen LogP contribution in [0, 0.1) is 0 Å². The summed E-state index contributed by atoms with van der Waals surface area (Å²) in [6, 6.07) is 3.24. The molecule has 0 radical (unpaired) electrons. The lowest BCUT2D eigenvalue weighted by Gasteiger charge is -2.19. The standard InChI is InChI=1S/C12H9ClN4O/c1-7-10-11(15-5-4-14-10)12(18)17(7)9-3-2-8(13)6-16-9/h2-7H,1H3. The summed E-state index contributed by atoms with van der Waals surface area (Å²) in [6.07, 6.45) is 4.62. The minimum Gasteiger partial charge on any atom is -0.282 e. The zero-order valence-corrected chi connectivity index (χ0v) is 10.3. The van der Waals surface area contributed by atoms with Gasteiger partial charge in [0.15, 0.2) is 5.69 Å². The molecule has 1 aliphatic heterocycles. The fraction of sp³-hybridized carbons (Fsp3) is 0.167. The van der Waals surface area contributed by atoms with Crippen molar-refractivity contribution in [3.05, 3.63) is 47.1 Å². The summed E-state index contributed by atoms with van der Waals surface area (Å²) >= 11 is 5.79. The summed E-state index contributed by atoms with van der Waals surface area (Å²) in [5, 5.41) is 0.534. The Morgan fingerprint density at radius 1 is 1.22 bits per heavy atom. The van der Waals surface area contributed by atoms with Crippen molar-refractivity contribution in [2.75, 3.05) is 4.90 Å². The molecule has 0 aliphatic carbocycles. The van der Waals surface area contributed by atoms with Gasteiger partial charge >= 0.3 is 0 Å². The van der Waals surface area contributed by atoms with E-state index in [1.165, 1.54) is 12.4 Å². The molecular formula is C12H9ClN4O. The summed E-state index contributed by atoms with van der Waals surface area (Å²) in [7, 11) is 0. The van der Waals surface area contributed by atoms with E-state index in [1.807, 2.05) is 6.92 Å². The van der Waals surface area contributed by atoms with Crippen LogP contribution in [0.1, 0.15) is 29.1 Å². The van der Waals surface area contributed by atoms with Gasteiger partial charge in [-0.3, -0.25) is 14.7 Å². The molecule has 1 atom stereocenters. The SMILES string of the molecule is CC1c2nccnc2C(=O)N1c1ccc(Cl)cn1. The second-order valence-electron chi connectivity index (χ2n) is 3.98. The van der Waals surface area contributed by atoms with Crippen molar-refractivity contribution < 1.29 is 4.79 Å². The van der Waals surface area contributed by atoms with Gasteiger partial charge in [0.25, 0.3) is 5.91 Å². The maximum atomic E-state index is 12.2. The molecule has 0 fully saturated rings. The van der Waals surface area contributed by atoms with E-state index >= 15 is 0 Å². The first-order valence-corrected chi connectivity index (χ1v) is 5.82. The number of nitrogens with zero attached hydrogens (tertiary/aromatic N) is 4. The van der Waals surface area contributed by atoms with Crippen LogP contribution in [0.5, 0.6) is 0 Å². The van der Waals surface area contributed by atoms with E-state index in [9.17, 15) is 4.79 Å². The van der Waals surface area contributed by atoms with Gasteiger partial charge in [0.1, 0.15) is 5.82 Å². The van der Waals surface area contributed by atoms with Crippen LogP contribution in [0.4, 0.5) is 5.82 Å². The number of hydrogen-bond acceptors (Lipinski definition) is 4. The number of halogens is 1. The topological polar surface area (TPSA) is 59.0 Å². The van der Waals surface area contributed by atoms with Crippen LogP contribution in [0.15, 0.2) is 30.7 Å². The maximum absolute atomic E-state index is 12.2. The third kappa shape index (κ3) is 1.55. The predicted molar refractivity (Wildman–Crippen MR) is 66.5 cm³/mol. The Balaban J connectivity index is 2.06. The van der Waals surface area contributed by atoms with Crippen molar-refractivity contribution in [2.45, 2.75) is 13.0 Å². The lowest BCUT2D eigenvalue weighted by molar-refractivity contribution is 0.0987. The van der Waals surface area contributed by atoms with Crippen molar-refractivity contribution >= 4 is 23.3 Å². The smallest absolute Gasteiger partial charge is 0.280 e. The summed E-state index contributed by atoms with van der Waals surface area (Å²) in [4.78, 5) is 26.3. The van der Waals surface area contributed by atoms with Gasteiger partial charge in [-0.25, -0.2) is 9.97 Å². The highest BCUT2D eigenvalue weighted by Gasteiger charge is 2.37. The van der Waals surface area contributed by atoms with Gasteiger partial charge in [-0.2, -0.15) is 0 Å². The van der Waals surface area contributed by atoms with Gasteiger partial charge in [-0.1, -0.05) is 11.6 Å². The van der Waals surface area contributed by atoms with E-state index in [0.29, 0.717) is 22.2 Å². The van der Waals surface area contributed by atoms with Crippen molar-refractivity contribution in [3.63, 3.8) is 0 Å². The van der Waals surface area contributed by atoms with Gasteiger partial charge in [-0.15, -0.1) is 0 Å². The van der Waals surface area contributed by atoms with Crippen molar-refractivity contribution in [2.24, 2.45) is 0 Å². The highest BCUT2D eigenvalue weighted by Crippen LogP contribution is 2.33. The van der Waals surface area contributed by atoms with Crippen LogP contribution in [0.2, 0.25) is 5.02 Å². The monoisotopic (exact) mass is 260 g/mol. The number of rotatable bonds is 1. The van der Waals surface area contributed by atoms with Crippen molar-refractivity contribution in [1.82, 2.24) is 15.0 Å². The molecule has 3 heterocycles. The molecule has 0 N–H and O–H groups in total. The molecule has 2 aromatic rings. The van der Waals surface area contributed by atoms with E-state index in [1.54, 1.807) is 23.2 Å². The molecule has 0 aromatic carbocycles. The van der Waals surface area contributed by atoms with Crippen LogP contribution >= 0.6 is 11.6 Å². The Morgan fingerprint density at radius 3 is 2.67 bits per heavy atom. The molecule has 90 valence electrons. The Morgan fingerprint density at radius 2 is 2.00 bits per heavy atom. The zero-order chi connectivity index (χ0) is 12.7. The summed E-state index contributed by atoms with van der Waals surface area (Å²) in [6.45, 7) is 1.90. The maximum Gasteiger partial charge on any atom is 0.280 e. The Kier molecular flexibility index (Phi) is 2.48. The Bertz CT molecular complexity index is 614. The fourth-order valence-corrected chi connectivity index (χ4v) is 2.16. The third-order valence-corrected chi connectivity index (χ3v) is 3.11. The first kappa shape index (κ1) is 11.1. The van der Waals surface area contributed by atoms with Crippen LogP contribution in [0.25, 0.3) is 0 Å². The summed E-state index contributed by atoms with van der Waals surface area (Å²) in [5.74, 6) is 0.372. The molecule has 0 saturated heterocycles. The molecule has 0 spiro atoms. The minimum atomic E-state index is -0.180. The summed E-state index contributed by atoms with van der Waals surface area (Å²) < 4.78 is 0. The number of carbonyl (C=O) groups is 1. The molecule has 0 saturated carbocycles. The van der Waals surface area contributed by atoms with E-state index in [0.717, 1.165) is 0 Å². The lowest BCUT2D eigenvalue weighted by Crippen LogP contribution is -2.27. The Labute approximate surface area is 108 Å². The second-order valence-corrected chi connectivity index (χ2v) is 4.41. The first-order valence-electron chi connectivity index (χ1n) is 5.44. The lowest BCUT2D eigenvalue weighted by atomic mass is 10.2. The number of amides is 1. The van der Waals surface area contributed by atoms with Crippen LogP contribution in [-0.2, 0) is 0 Å². The highest BCUT2D eigenvalue weighted by molar-refractivity contribution is 6.30. The summed E-state index contributed by atoms with van der Waals surface area (Å²) in [5.41, 5.74) is 1.07. The molecule has 18 heavy (non-hydrogen) atoms. The van der Waals surface area contributed by atoms with Crippen LogP contribution in [0.3, 0.4) is 0 Å². The molecular weight excluding hydrogens is 252 g/mol. The average molecular weight is 261 g/mol. The molecule has 5 nitrogen and oxygen atoms in total. The molecule has 1 aliphatic rings. The van der Waals surface area contributed by atoms with Gasteiger partial charge in [-0.05, 0) is 19.1 Å². The molecule has 1 amide bonds. The van der Waals surface area contributed by atoms with Gasteiger partial charge < -0.3 is 0 Å². The molecule has 3 rings (SSSR count). The molecule has 6 heteroatoms. The molecule has 0 bridgehead atoms. The number of carbonyl (C=O) groups excluding carboxylic acids is 1. The number of aromatic nitrogens is 3. The van der Waals surface area contributed by atoms with Crippen molar-refractivity contribution in [3.8, 4) is 0 Å². The number of fused-ring (bicyclic) bond motifs is 1. The van der Waals surface area contributed by atoms with Gasteiger partial charge in [0.2, 0.25) is 0 Å². The third-order valence-electron chi connectivity index (χ3n) is 2.89. The second kappa shape index (κ2) is 4.03. The van der Waals surface area contributed by atoms with Crippen LogP contribution < -0.4 is 4.90 Å². The first-order chi connectivity index (χ1) is 8.68. The number of hydrogen-bond donors (Lipinski definition) is 0. The Hall–Kier alpha value is -2.01. The molecule has 2 aromatic heterocycles.